The van der Waals surface area contributed by atoms with E-state index in [0.29, 0.717) is 37.6 Å². The van der Waals surface area contributed by atoms with E-state index in [4.69, 9.17) is 13.9 Å². The molecular weight excluding hydrogens is 346 g/mol. The molecule has 4 rings (SSSR count). The molecule has 0 bridgehead atoms. The molecule has 0 aliphatic carbocycles. The predicted octanol–water partition coefficient (Wildman–Crippen LogP) is 2.77. The molecule has 1 atom stereocenters. The highest BCUT2D eigenvalue weighted by Crippen LogP contribution is 2.27. The van der Waals surface area contributed by atoms with Gasteiger partial charge in [0.05, 0.1) is 13.2 Å². The van der Waals surface area contributed by atoms with Crippen molar-refractivity contribution in [1.82, 2.24) is 4.90 Å². The van der Waals surface area contributed by atoms with Crippen molar-refractivity contribution in [2.75, 3.05) is 26.3 Å². The zero-order chi connectivity index (χ0) is 18.6. The van der Waals surface area contributed by atoms with Crippen molar-refractivity contribution in [3.63, 3.8) is 0 Å². The van der Waals surface area contributed by atoms with Gasteiger partial charge in [0.25, 0.3) is 5.91 Å². The Kier molecular flexibility index (Phi) is 4.89. The first-order chi connectivity index (χ1) is 13.2. The van der Waals surface area contributed by atoms with Crippen LogP contribution in [-0.4, -0.2) is 37.1 Å². The van der Waals surface area contributed by atoms with Crippen molar-refractivity contribution in [2.45, 2.75) is 6.10 Å². The van der Waals surface area contributed by atoms with Crippen LogP contribution in [0.3, 0.4) is 0 Å². The minimum absolute atomic E-state index is 0.112. The highest BCUT2D eigenvalue weighted by atomic mass is 16.5. The maximum atomic E-state index is 13.1. The number of benzene rings is 2. The van der Waals surface area contributed by atoms with Crippen molar-refractivity contribution >= 4 is 16.9 Å². The van der Waals surface area contributed by atoms with E-state index in [2.05, 4.69) is 0 Å². The van der Waals surface area contributed by atoms with Gasteiger partial charge in [-0.3, -0.25) is 4.79 Å². The van der Waals surface area contributed by atoms with Gasteiger partial charge in [-0.05, 0) is 18.2 Å². The summed E-state index contributed by atoms with van der Waals surface area (Å²) in [6.07, 6.45) is -0.780. The molecule has 1 fully saturated rings. The molecule has 2 heterocycles. The summed E-state index contributed by atoms with van der Waals surface area (Å²) >= 11 is 0. The largest absolute Gasteiger partial charge is 0.476 e. The Morgan fingerprint density at radius 3 is 2.52 bits per heavy atom. The average molecular weight is 365 g/mol. The van der Waals surface area contributed by atoms with Crippen LogP contribution in [0.4, 0.5) is 0 Å². The monoisotopic (exact) mass is 365 g/mol. The number of rotatable bonds is 4. The van der Waals surface area contributed by atoms with Crippen molar-refractivity contribution in [2.24, 2.45) is 0 Å². The molecule has 0 spiro atoms. The van der Waals surface area contributed by atoms with Gasteiger partial charge in [0, 0.05) is 36.2 Å². The van der Waals surface area contributed by atoms with Gasteiger partial charge in [0.1, 0.15) is 11.3 Å². The van der Waals surface area contributed by atoms with E-state index < -0.39 is 11.7 Å². The molecule has 0 radical (unpaired) electrons. The molecule has 1 aromatic heterocycles. The van der Waals surface area contributed by atoms with Crippen molar-refractivity contribution < 1.29 is 18.7 Å². The number of morpholine rings is 1. The van der Waals surface area contributed by atoms with E-state index in [-0.39, 0.29) is 5.91 Å². The lowest BCUT2D eigenvalue weighted by Crippen LogP contribution is -2.44. The smallest absolute Gasteiger partial charge is 0.336 e. The normalized spacial score (nSPS) is 15.5. The van der Waals surface area contributed by atoms with Crippen LogP contribution < -0.4 is 10.4 Å². The quantitative estimate of drug-likeness (QED) is 0.665. The minimum Gasteiger partial charge on any atom is -0.476 e. The molecule has 1 saturated heterocycles. The molecular formula is C21H19NO5. The Labute approximate surface area is 155 Å². The van der Waals surface area contributed by atoms with Gasteiger partial charge in [-0.2, -0.15) is 0 Å². The molecule has 1 amide bonds. The summed E-state index contributed by atoms with van der Waals surface area (Å²) in [5.41, 5.74) is 0.762. The van der Waals surface area contributed by atoms with E-state index in [1.54, 1.807) is 29.2 Å². The van der Waals surface area contributed by atoms with Crippen LogP contribution in [0.25, 0.3) is 11.0 Å². The van der Waals surface area contributed by atoms with E-state index in [1.807, 2.05) is 30.3 Å². The molecule has 0 saturated carbocycles. The molecule has 6 nitrogen and oxygen atoms in total. The van der Waals surface area contributed by atoms with Crippen LogP contribution in [0.15, 0.2) is 69.9 Å². The van der Waals surface area contributed by atoms with Gasteiger partial charge in [-0.25, -0.2) is 4.79 Å². The minimum atomic E-state index is -0.780. The highest BCUT2D eigenvalue weighted by molar-refractivity contribution is 5.83. The Morgan fingerprint density at radius 1 is 1.00 bits per heavy atom. The van der Waals surface area contributed by atoms with Crippen LogP contribution in [0.1, 0.15) is 11.7 Å². The van der Waals surface area contributed by atoms with Crippen LogP contribution in [-0.2, 0) is 9.53 Å². The molecule has 0 unspecified atom stereocenters. The summed E-state index contributed by atoms with van der Waals surface area (Å²) in [7, 11) is 0. The van der Waals surface area contributed by atoms with Gasteiger partial charge < -0.3 is 18.8 Å². The topological polar surface area (TPSA) is 69.0 Å². The van der Waals surface area contributed by atoms with Crippen molar-refractivity contribution in [3.05, 3.63) is 76.6 Å². The Bertz CT molecular complexity index is 992. The first-order valence-corrected chi connectivity index (χ1v) is 8.83. The number of amides is 1. The van der Waals surface area contributed by atoms with E-state index in [1.165, 1.54) is 6.07 Å². The molecule has 1 aliphatic heterocycles. The molecule has 1 aliphatic rings. The number of fused-ring (bicyclic) bond motifs is 1. The summed E-state index contributed by atoms with van der Waals surface area (Å²) in [6.45, 7) is 2.12. The predicted molar refractivity (Wildman–Crippen MR) is 99.7 cm³/mol. The van der Waals surface area contributed by atoms with Gasteiger partial charge in [0.15, 0.2) is 0 Å². The van der Waals surface area contributed by atoms with Crippen LogP contribution in [0.2, 0.25) is 0 Å². The molecule has 138 valence electrons. The summed E-state index contributed by atoms with van der Waals surface area (Å²) in [5, 5.41) is 0.790. The molecule has 3 aromatic rings. The fraction of sp³-hybridized carbons (Fsp3) is 0.238. The van der Waals surface area contributed by atoms with Gasteiger partial charge in [0.2, 0.25) is 6.10 Å². The summed E-state index contributed by atoms with van der Waals surface area (Å²) in [5.74, 6) is 0.353. The SMILES string of the molecule is O=C([C@@H](Oc1ccc2ccc(=O)oc2c1)c1ccccc1)N1CCOCC1. The van der Waals surface area contributed by atoms with Crippen LogP contribution in [0.5, 0.6) is 5.75 Å². The lowest BCUT2D eigenvalue weighted by Gasteiger charge is -2.30. The second-order valence-electron chi connectivity index (χ2n) is 6.30. The van der Waals surface area contributed by atoms with E-state index in [9.17, 15) is 9.59 Å². The number of nitrogens with zero attached hydrogens (tertiary/aromatic N) is 1. The number of carbonyl (C=O) groups is 1. The average Bonchev–Trinajstić information content (AvgIpc) is 2.72. The zero-order valence-electron chi connectivity index (χ0n) is 14.7. The first kappa shape index (κ1) is 17.3. The summed E-state index contributed by atoms with van der Waals surface area (Å²) < 4.78 is 16.6. The number of carbonyl (C=O) groups excluding carboxylic acids is 1. The van der Waals surface area contributed by atoms with Gasteiger partial charge in [-0.15, -0.1) is 0 Å². The molecule has 27 heavy (non-hydrogen) atoms. The fourth-order valence-corrected chi connectivity index (χ4v) is 3.09. The lowest BCUT2D eigenvalue weighted by atomic mass is 10.1. The van der Waals surface area contributed by atoms with E-state index in [0.717, 1.165) is 10.9 Å². The summed E-state index contributed by atoms with van der Waals surface area (Å²) in [4.78, 5) is 26.3. The third kappa shape index (κ3) is 3.85. The Morgan fingerprint density at radius 2 is 1.74 bits per heavy atom. The molecule has 6 heteroatoms. The second kappa shape index (κ2) is 7.63. The zero-order valence-corrected chi connectivity index (χ0v) is 14.7. The van der Waals surface area contributed by atoms with Gasteiger partial charge in [-0.1, -0.05) is 30.3 Å². The van der Waals surface area contributed by atoms with Crippen molar-refractivity contribution in [1.29, 1.82) is 0 Å². The standard InChI is InChI=1S/C21H19NO5/c23-19-9-7-15-6-8-17(14-18(15)27-19)26-20(16-4-2-1-3-5-16)21(24)22-10-12-25-13-11-22/h1-9,14,20H,10-13H2/t20-/m0/s1. The van der Waals surface area contributed by atoms with Crippen molar-refractivity contribution in [3.8, 4) is 5.75 Å². The number of ether oxygens (including phenoxy) is 2. The fourth-order valence-electron chi connectivity index (χ4n) is 3.09. The van der Waals surface area contributed by atoms with Gasteiger partial charge >= 0.3 is 5.63 Å². The third-order valence-corrected chi connectivity index (χ3v) is 4.50. The number of hydrogen-bond donors (Lipinski definition) is 0. The number of hydrogen-bond acceptors (Lipinski definition) is 5. The maximum Gasteiger partial charge on any atom is 0.336 e. The first-order valence-electron chi connectivity index (χ1n) is 8.83. The Hall–Kier alpha value is -3.12. The third-order valence-electron chi connectivity index (χ3n) is 4.50. The highest BCUT2D eigenvalue weighted by Gasteiger charge is 2.29. The maximum absolute atomic E-state index is 13.1. The van der Waals surface area contributed by atoms with Crippen LogP contribution in [0, 0.1) is 0 Å². The molecule has 2 aromatic carbocycles. The lowest BCUT2D eigenvalue weighted by molar-refractivity contribution is -0.143. The molecule has 0 N–H and O–H groups in total. The Balaban J connectivity index is 1.66. The van der Waals surface area contributed by atoms with Crippen LogP contribution >= 0.6 is 0 Å². The summed E-state index contributed by atoms with van der Waals surface area (Å²) in [6, 6.07) is 17.6. The second-order valence-corrected chi connectivity index (χ2v) is 6.30. The van der Waals surface area contributed by atoms with E-state index >= 15 is 0 Å².